The molecule has 176 valence electrons. The van der Waals surface area contributed by atoms with Crippen molar-refractivity contribution in [2.24, 2.45) is 0 Å². The van der Waals surface area contributed by atoms with Crippen LogP contribution in [0.4, 0.5) is 5.69 Å². The van der Waals surface area contributed by atoms with Crippen molar-refractivity contribution in [3.8, 4) is 5.75 Å². The summed E-state index contributed by atoms with van der Waals surface area (Å²) >= 11 is 0. The quantitative estimate of drug-likeness (QED) is 0.668. The highest BCUT2D eigenvalue weighted by Crippen LogP contribution is 2.29. The van der Waals surface area contributed by atoms with Gasteiger partial charge in [0.05, 0.1) is 0 Å². The van der Waals surface area contributed by atoms with Crippen LogP contribution >= 0.6 is 0 Å². The molecule has 2 aromatic rings. The van der Waals surface area contributed by atoms with Crippen molar-refractivity contribution >= 4 is 17.5 Å². The van der Waals surface area contributed by atoms with Gasteiger partial charge in [-0.2, -0.15) is 0 Å². The number of ether oxygens (including phenoxy) is 2. The van der Waals surface area contributed by atoms with Crippen LogP contribution < -0.4 is 15.0 Å². The van der Waals surface area contributed by atoms with Crippen LogP contribution in [0.1, 0.15) is 41.3 Å². The first-order valence-corrected chi connectivity index (χ1v) is 11.7. The molecule has 2 aromatic carbocycles. The zero-order chi connectivity index (χ0) is 23.2. The van der Waals surface area contributed by atoms with E-state index in [-0.39, 0.29) is 11.8 Å². The first-order valence-electron chi connectivity index (χ1n) is 11.7. The number of anilines is 1. The average molecular weight is 452 g/mol. The Morgan fingerprint density at radius 3 is 2.79 bits per heavy atom. The van der Waals surface area contributed by atoms with Crippen molar-refractivity contribution in [2.75, 3.05) is 44.9 Å². The van der Waals surface area contributed by atoms with Gasteiger partial charge in [0.15, 0.2) is 0 Å². The predicted molar refractivity (Wildman–Crippen MR) is 128 cm³/mol. The van der Waals surface area contributed by atoms with E-state index in [0.29, 0.717) is 31.3 Å². The number of likely N-dealkylation sites (N-methyl/N-ethyl adjacent to an activating group) is 1. The summed E-state index contributed by atoms with van der Waals surface area (Å²) in [6, 6.07) is 14.0. The third-order valence-electron chi connectivity index (χ3n) is 6.50. The summed E-state index contributed by atoms with van der Waals surface area (Å²) in [4.78, 5) is 28.5. The fourth-order valence-electron chi connectivity index (χ4n) is 4.52. The van der Waals surface area contributed by atoms with Crippen LogP contribution in [0.2, 0.25) is 0 Å². The summed E-state index contributed by atoms with van der Waals surface area (Å²) < 4.78 is 11.4. The Kier molecular flexibility index (Phi) is 7.62. The molecule has 0 spiro atoms. The lowest BCUT2D eigenvalue weighted by Gasteiger charge is -2.31. The lowest BCUT2D eigenvalue weighted by Crippen LogP contribution is -2.38. The number of hydrogen-bond acceptors (Lipinski definition) is 5. The van der Waals surface area contributed by atoms with Crippen LogP contribution in [0.15, 0.2) is 42.5 Å². The van der Waals surface area contributed by atoms with E-state index in [1.54, 1.807) is 17.9 Å². The van der Waals surface area contributed by atoms with E-state index >= 15 is 0 Å². The summed E-state index contributed by atoms with van der Waals surface area (Å²) in [6.07, 6.45) is 2.93. The van der Waals surface area contributed by atoms with Gasteiger partial charge in [-0.1, -0.05) is 12.1 Å². The summed E-state index contributed by atoms with van der Waals surface area (Å²) in [5, 5.41) is 2.99. The molecule has 2 heterocycles. The Morgan fingerprint density at radius 2 is 2.00 bits per heavy atom. The van der Waals surface area contributed by atoms with E-state index in [1.165, 1.54) is 0 Å². The Bertz CT molecular complexity index is 987. The number of carbonyl (C=O) groups is 2. The Labute approximate surface area is 195 Å². The molecule has 2 amide bonds. The highest BCUT2D eigenvalue weighted by atomic mass is 16.5. The molecule has 33 heavy (non-hydrogen) atoms. The van der Waals surface area contributed by atoms with Crippen LogP contribution in [-0.4, -0.2) is 62.7 Å². The Morgan fingerprint density at radius 1 is 1.18 bits per heavy atom. The number of nitrogens with one attached hydrogen (secondary N) is 1. The molecule has 7 nitrogen and oxygen atoms in total. The molecule has 4 rings (SSSR count). The maximum atomic E-state index is 12.7. The second-order valence-corrected chi connectivity index (χ2v) is 8.77. The zero-order valence-corrected chi connectivity index (χ0v) is 19.5. The molecular weight excluding hydrogens is 418 g/mol. The fourth-order valence-corrected chi connectivity index (χ4v) is 4.52. The highest BCUT2D eigenvalue weighted by molar-refractivity contribution is 5.97. The van der Waals surface area contributed by atoms with E-state index in [1.807, 2.05) is 36.4 Å². The minimum absolute atomic E-state index is 0.0308. The standard InChI is InChI=1S/C26H33N3O4/c1-19(30)29-11-8-21-17-22(6-7-25(21)29)26(31)27-18-20-4-3-5-24(16-20)33-15-12-28(2)23-9-13-32-14-10-23/h3-7,16-17,23H,8-15,18H2,1-2H3,(H,27,31). The SMILES string of the molecule is CC(=O)N1CCc2cc(C(=O)NCc3cccc(OCCN(C)C4CCOCC4)c3)ccc21. The topological polar surface area (TPSA) is 71.1 Å². The molecule has 0 atom stereocenters. The first kappa shape index (κ1) is 23.3. The summed E-state index contributed by atoms with van der Waals surface area (Å²) in [5.41, 5.74) is 3.55. The van der Waals surface area contributed by atoms with Crippen LogP contribution in [0.5, 0.6) is 5.75 Å². The molecule has 0 aliphatic carbocycles. The lowest BCUT2D eigenvalue weighted by molar-refractivity contribution is -0.116. The van der Waals surface area contributed by atoms with Crippen molar-refractivity contribution in [2.45, 2.75) is 38.8 Å². The maximum Gasteiger partial charge on any atom is 0.251 e. The van der Waals surface area contributed by atoms with Gasteiger partial charge in [0.25, 0.3) is 5.91 Å². The van der Waals surface area contributed by atoms with E-state index in [2.05, 4.69) is 17.3 Å². The van der Waals surface area contributed by atoms with Crippen LogP contribution in [0.25, 0.3) is 0 Å². The molecule has 2 aliphatic rings. The second-order valence-electron chi connectivity index (χ2n) is 8.77. The van der Waals surface area contributed by atoms with Crippen molar-refractivity contribution in [3.63, 3.8) is 0 Å². The Balaban J connectivity index is 1.26. The van der Waals surface area contributed by atoms with Crippen molar-refractivity contribution in [1.82, 2.24) is 10.2 Å². The number of benzene rings is 2. The van der Waals surface area contributed by atoms with Crippen LogP contribution in [0.3, 0.4) is 0 Å². The van der Waals surface area contributed by atoms with E-state index in [9.17, 15) is 9.59 Å². The number of nitrogens with zero attached hydrogens (tertiary/aromatic N) is 2. The van der Waals surface area contributed by atoms with Gasteiger partial charge in [0.1, 0.15) is 12.4 Å². The summed E-state index contributed by atoms with van der Waals surface area (Å²) in [7, 11) is 2.14. The molecule has 0 saturated carbocycles. The molecule has 0 aromatic heterocycles. The molecule has 1 N–H and O–H groups in total. The molecule has 0 bridgehead atoms. The van der Waals surface area contributed by atoms with E-state index in [4.69, 9.17) is 9.47 Å². The van der Waals surface area contributed by atoms with Crippen molar-refractivity contribution in [1.29, 1.82) is 0 Å². The van der Waals surface area contributed by atoms with Gasteiger partial charge in [0.2, 0.25) is 5.91 Å². The highest BCUT2D eigenvalue weighted by Gasteiger charge is 2.23. The van der Waals surface area contributed by atoms with Gasteiger partial charge in [-0.25, -0.2) is 0 Å². The Hall–Kier alpha value is -2.90. The molecular formula is C26H33N3O4. The third kappa shape index (κ3) is 5.92. The first-order chi connectivity index (χ1) is 16.0. The molecule has 1 saturated heterocycles. The molecule has 0 unspecified atom stereocenters. The average Bonchev–Trinajstić information content (AvgIpc) is 3.27. The third-order valence-corrected chi connectivity index (χ3v) is 6.50. The minimum Gasteiger partial charge on any atom is -0.492 e. The molecule has 7 heteroatoms. The van der Waals surface area contributed by atoms with Crippen molar-refractivity contribution < 1.29 is 19.1 Å². The van der Waals surface area contributed by atoms with Crippen molar-refractivity contribution in [3.05, 3.63) is 59.2 Å². The van der Waals surface area contributed by atoms with Gasteiger partial charge in [-0.15, -0.1) is 0 Å². The molecule has 1 fully saturated rings. The second kappa shape index (κ2) is 10.8. The zero-order valence-electron chi connectivity index (χ0n) is 19.5. The van der Waals surface area contributed by atoms with Gasteiger partial charge >= 0.3 is 0 Å². The predicted octanol–water partition coefficient (Wildman–Crippen LogP) is 3.02. The van der Waals surface area contributed by atoms with E-state index < -0.39 is 0 Å². The van der Waals surface area contributed by atoms with Gasteiger partial charge < -0.3 is 19.7 Å². The van der Waals surface area contributed by atoms with Gasteiger partial charge in [-0.05, 0) is 67.8 Å². The number of carbonyl (C=O) groups excluding carboxylic acids is 2. The largest absolute Gasteiger partial charge is 0.492 e. The number of amides is 2. The normalized spacial score (nSPS) is 16.0. The van der Waals surface area contributed by atoms with Gasteiger partial charge in [-0.3, -0.25) is 14.5 Å². The van der Waals surface area contributed by atoms with E-state index in [0.717, 1.165) is 61.6 Å². The molecule has 0 radical (unpaired) electrons. The lowest BCUT2D eigenvalue weighted by atomic mass is 10.1. The number of rotatable bonds is 8. The van der Waals surface area contributed by atoms with Crippen LogP contribution in [-0.2, 0) is 22.5 Å². The van der Waals surface area contributed by atoms with Crippen LogP contribution in [0, 0.1) is 0 Å². The fraction of sp³-hybridized carbons (Fsp3) is 0.462. The molecule has 2 aliphatic heterocycles. The van der Waals surface area contributed by atoms with Gasteiger partial charge in [0, 0.05) is 57.1 Å². The smallest absolute Gasteiger partial charge is 0.251 e. The number of fused-ring (bicyclic) bond motifs is 1. The number of hydrogen-bond donors (Lipinski definition) is 1. The maximum absolute atomic E-state index is 12.7. The minimum atomic E-state index is -0.122. The summed E-state index contributed by atoms with van der Waals surface area (Å²) in [6.45, 7) is 5.83. The monoisotopic (exact) mass is 451 g/mol. The summed E-state index contributed by atoms with van der Waals surface area (Å²) in [5.74, 6) is 0.718.